The van der Waals surface area contributed by atoms with Crippen LogP contribution < -0.4 is 4.74 Å². The van der Waals surface area contributed by atoms with Crippen LogP contribution in [0.4, 0.5) is 0 Å². The molecule has 0 saturated carbocycles. The second kappa shape index (κ2) is 6.34. The van der Waals surface area contributed by atoms with E-state index in [0.29, 0.717) is 11.1 Å². The topological polar surface area (TPSA) is 63.7 Å². The monoisotopic (exact) mass is 340 g/mol. The van der Waals surface area contributed by atoms with Gasteiger partial charge in [-0.05, 0) is 48.9 Å². The summed E-state index contributed by atoms with van der Waals surface area (Å²) in [5, 5.41) is 9.54. The predicted molar refractivity (Wildman–Crippen MR) is 100 cm³/mol. The van der Waals surface area contributed by atoms with Gasteiger partial charge in [0.1, 0.15) is 23.7 Å². The summed E-state index contributed by atoms with van der Waals surface area (Å²) in [6, 6.07) is 18.1. The van der Waals surface area contributed by atoms with Gasteiger partial charge in [-0.1, -0.05) is 12.1 Å². The molecule has 0 atom stereocenters. The van der Waals surface area contributed by atoms with Gasteiger partial charge in [-0.25, -0.2) is 9.97 Å². The van der Waals surface area contributed by atoms with Crippen LogP contribution in [0.3, 0.4) is 0 Å². The van der Waals surface area contributed by atoms with Crippen molar-refractivity contribution in [1.29, 1.82) is 5.26 Å². The first kappa shape index (κ1) is 15.9. The van der Waals surface area contributed by atoms with Crippen molar-refractivity contribution in [2.75, 3.05) is 7.11 Å². The van der Waals surface area contributed by atoms with Crippen LogP contribution >= 0.6 is 0 Å². The standard InChI is InChI=1S/C21H16N4O/c1-14-4-3-5-17(10-14)25-12-16(11-22)20-21(25)19(23-13-24-20)15-6-8-18(26-2)9-7-15/h3-10,12-13H,1-2H3. The Kier molecular flexibility index (Phi) is 3.86. The van der Waals surface area contributed by atoms with Crippen molar-refractivity contribution in [2.45, 2.75) is 6.92 Å². The maximum atomic E-state index is 9.54. The molecule has 0 saturated heterocycles. The Morgan fingerprint density at radius 3 is 2.58 bits per heavy atom. The van der Waals surface area contributed by atoms with Crippen molar-refractivity contribution < 1.29 is 4.74 Å². The van der Waals surface area contributed by atoms with Gasteiger partial charge in [-0.3, -0.25) is 0 Å². The fraction of sp³-hybridized carbons (Fsp3) is 0.0952. The molecule has 4 aromatic rings. The van der Waals surface area contributed by atoms with Crippen LogP contribution in [0.1, 0.15) is 11.1 Å². The van der Waals surface area contributed by atoms with Gasteiger partial charge in [-0.2, -0.15) is 5.26 Å². The molecule has 0 aliphatic carbocycles. The molecule has 2 aromatic heterocycles. The molecule has 5 heteroatoms. The van der Waals surface area contributed by atoms with Crippen molar-refractivity contribution in [1.82, 2.24) is 14.5 Å². The quantitative estimate of drug-likeness (QED) is 0.558. The number of hydrogen-bond acceptors (Lipinski definition) is 4. The van der Waals surface area contributed by atoms with Crippen molar-refractivity contribution in [3.8, 4) is 28.8 Å². The van der Waals surface area contributed by atoms with E-state index in [1.165, 1.54) is 6.33 Å². The van der Waals surface area contributed by atoms with Gasteiger partial charge in [0.25, 0.3) is 0 Å². The molecule has 0 aliphatic heterocycles. The number of benzene rings is 2. The van der Waals surface area contributed by atoms with E-state index in [1.54, 1.807) is 7.11 Å². The third kappa shape index (κ3) is 2.58. The maximum Gasteiger partial charge on any atom is 0.118 e. The molecule has 0 fully saturated rings. The summed E-state index contributed by atoms with van der Waals surface area (Å²) in [6.45, 7) is 2.04. The first-order chi connectivity index (χ1) is 12.7. The molecule has 0 bridgehead atoms. The number of fused-ring (bicyclic) bond motifs is 1. The summed E-state index contributed by atoms with van der Waals surface area (Å²) in [7, 11) is 1.64. The highest BCUT2D eigenvalue weighted by atomic mass is 16.5. The summed E-state index contributed by atoms with van der Waals surface area (Å²) >= 11 is 0. The van der Waals surface area contributed by atoms with Crippen molar-refractivity contribution in [2.24, 2.45) is 0 Å². The summed E-state index contributed by atoms with van der Waals surface area (Å²) < 4.78 is 7.23. The zero-order chi connectivity index (χ0) is 18.1. The lowest BCUT2D eigenvalue weighted by Crippen LogP contribution is -1.97. The van der Waals surface area contributed by atoms with E-state index >= 15 is 0 Å². The van der Waals surface area contributed by atoms with Gasteiger partial charge in [-0.15, -0.1) is 0 Å². The van der Waals surface area contributed by atoms with Crippen LogP contribution in [-0.2, 0) is 0 Å². The Bertz CT molecular complexity index is 1140. The highest BCUT2D eigenvalue weighted by Gasteiger charge is 2.17. The first-order valence-electron chi connectivity index (χ1n) is 8.19. The molecule has 0 spiro atoms. The van der Waals surface area contributed by atoms with E-state index in [9.17, 15) is 5.26 Å². The third-order valence-corrected chi connectivity index (χ3v) is 4.34. The lowest BCUT2D eigenvalue weighted by Gasteiger charge is -2.10. The molecule has 0 radical (unpaired) electrons. The number of methoxy groups -OCH3 is 1. The first-order valence-corrected chi connectivity index (χ1v) is 8.19. The van der Waals surface area contributed by atoms with Crippen LogP contribution in [0.15, 0.2) is 61.1 Å². The molecular weight excluding hydrogens is 324 g/mol. The van der Waals surface area contributed by atoms with Gasteiger partial charge in [0.15, 0.2) is 0 Å². The van der Waals surface area contributed by atoms with Crippen LogP contribution in [0.2, 0.25) is 0 Å². The Morgan fingerprint density at radius 1 is 1.08 bits per heavy atom. The summed E-state index contributed by atoms with van der Waals surface area (Å²) in [4.78, 5) is 8.87. The average Bonchev–Trinajstić information content (AvgIpc) is 3.07. The van der Waals surface area contributed by atoms with E-state index in [1.807, 2.05) is 60.2 Å². The van der Waals surface area contributed by atoms with E-state index in [0.717, 1.165) is 33.8 Å². The zero-order valence-corrected chi connectivity index (χ0v) is 14.5. The van der Waals surface area contributed by atoms with Crippen molar-refractivity contribution >= 4 is 11.0 Å². The van der Waals surface area contributed by atoms with Gasteiger partial charge < -0.3 is 9.30 Å². The molecule has 4 rings (SSSR count). The SMILES string of the molecule is COc1ccc(-c2ncnc3c(C#N)cn(-c4cccc(C)c4)c23)cc1. The number of aromatic nitrogens is 3. The highest BCUT2D eigenvalue weighted by Crippen LogP contribution is 2.31. The van der Waals surface area contributed by atoms with Crippen LogP contribution in [0.25, 0.3) is 28.0 Å². The van der Waals surface area contributed by atoms with Crippen molar-refractivity contribution in [3.63, 3.8) is 0 Å². The minimum Gasteiger partial charge on any atom is -0.497 e. The molecule has 0 amide bonds. The van der Waals surface area contributed by atoms with Gasteiger partial charge >= 0.3 is 0 Å². The maximum absolute atomic E-state index is 9.54. The van der Waals surface area contributed by atoms with Crippen LogP contribution in [-0.4, -0.2) is 21.6 Å². The molecule has 5 nitrogen and oxygen atoms in total. The lowest BCUT2D eigenvalue weighted by atomic mass is 10.1. The van der Waals surface area contributed by atoms with E-state index in [2.05, 4.69) is 22.1 Å². The molecule has 0 aliphatic rings. The summed E-state index contributed by atoms with van der Waals surface area (Å²) in [5.74, 6) is 0.783. The second-order valence-electron chi connectivity index (χ2n) is 6.01. The Hall–Kier alpha value is -3.65. The fourth-order valence-corrected chi connectivity index (χ4v) is 3.08. The van der Waals surface area contributed by atoms with Crippen LogP contribution in [0, 0.1) is 18.3 Å². The van der Waals surface area contributed by atoms with E-state index in [4.69, 9.17) is 4.74 Å². The smallest absolute Gasteiger partial charge is 0.118 e. The number of rotatable bonds is 3. The van der Waals surface area contributed by atoms with Gasteiger partial charge in [0.2, 0.25) is 0 Å². The summed E-state index contributed by atoms with van der Waals surface area (Å²) in [6.07, 6.45) is 3.32. The minimum absolute atomic E-state index is 0.527. The molecule has 126 valence electrons. The number of nitriles is 1. The average molecular weight is 340 g/mol. The van der Waals surface area contributed by atoms with E-state index in [-0.39, 0.29) is 0 Å². The van der Waals surface area contributed by atoms with Gasteiger partial charge in [0.05, 0.1) is 23.9 Å². The molecule has 2 heterocycles. The minimum atomic E-state index is 0.527. The molecule has 2 aromatic carbocycles. The summed E-state index contributed by atoms with van der Waals surface area (Å²) in [5.41, 5.74) is 5.83. The van der Waals surface area contributed by atoms with Crippen LogP contribution in [0.5, 0.6) is 5.75 Å². The third-order valence-electron chi connectivity index (χ3n) is 4.34. The second-order valence-corrected chi connectivity index (χ2v) is 6.01. The Morgan fingerprint density at radius 2 is 1.88 bits per heavy atom. The molecule has 26 heavy (non-hydrogen) atoms. The van der Waals surface area contributed by atoms with E-state index < -0.39 is 0 Å². The largest absolute Gasteiger partial charge is 0.497 e. The van der Waals surface area contributed by atoms with Gasteiger partial charge in [0, 0.05) is 17.4 Å². The Labute approximate surface area is 151 Å². The number of hydrogen-bond donors (Lipinski definition) is 0. The highest BCUT2D eigenvalue weighted by molar-refractivity contribution is 5.94. The number of nitrogens with zero attached hydrogens (tertiary/aromatic N) is 4. The normalized spacial score (nSPS) is 10.7. The molecule has 0 unspecified atom stereocenters. The number of aryl methyl sites for hydroxylation is 1. The number of ether oxygens (including phenoxy) is 1. The Balaban J connectivity index is 2.02. The predicted octanol–water partition coefficient (Wildman–Crippen LogP) is 4.28. The van der Waals surface area contributed by atoms with Crippen molar-refractivity contribution in [3.05, 3.63) is 72.2 Å². The molecular formula is C21H16N4O. The molecule has 0 N–H and O–H groups in total. The fourth-order valence-electron chi connectivity index (χ4n) is 3.08. The lowest BCUT2D eigenvalue weighted by molar-refractivity contribution is 0.415. The zero-order valence-electron chi connectivity index (χ0n) is 14.5.